The highest BCUT2D eigenvalue weighted by Gasteiger charge is 2.40. The van der Waals surface area contributed by atoms with Gasteiger partial charge in [-0.15, -0.1) is 0 Å². The van der Waals surface area contributed by atoms with Crippen molar-refractivity contribution in [1.29, 1.82) is 0 Å². The quantitative estimate of drug-likeness (QED) is 0.507. The van der Waals surface area contributed by atoms with Crippen molar-refractivity contribution in [2.24, 2.45) is 0 Å². The number of fused-ring (bicyclic) bond motifs is 1. The van der Waals surface area contributed by atoms with Crippen molar-refractivity contribution in [3.8, 4) is 0 Å². The zero-order chi connectivity index (χ0) is 19.9. The van der Waals surface area contributed by atoms with E-state index in [1.807, 2.05) is 30.3 Å². The third kappa shape index (κ3) is 5.56. The van der Waals surface area contributed by atoms with E-state index in [2.05, 4.69) is 0 Å². The number of rotatable bonds is 6. The van der Waals surface area contributed by atoms with Gasteiger partial charge < -0.3 is 25.5 Å². The van der Waals surface area contributed by atoms with Crippen molar-refractivity contribution >= 4 is 34.6 Å². The molecule has 0 saturated carbocycles. The molecule has 9 heteroatoms. The summed E-state index contributed by atoms with van der Waals surface area (Å²) in [6, 6.07) is 12.7. The van der Waals surface area contributed by atoms with Crippen LogP contribution in [-0.4, -0.2) is 55.0 Å². The van der Waals surface area contributed by atoms with Crippen LogP contribution in [0.3, 0.4) is 0 Å². The smallest absolute Gasteiger partial charge is 0.336 e. The number of hydrogen-bond acceptors (Lipinski definition) is 5. The van der Waals surface area contributed by atoms with Gasteiger partial charge >= 0.3 is 23.9 Å². The first-order chi connectivity index (χ1) is 12.1. The van der Waals surface area contributed by atoms with Crippen molar-refractivity contribution in [3.63, 3.8) is 0 Å². The minimum atomic E-state index is -2.74. The Morgan fingerprint density at radius 3 is 1.73 bits per heavy atom. The molecule has 26 heavy (non-hydrogen) atoms. The third-order valence-corrected chi connectivity index (χ3v) is 3.31. The molecule has 0 radical (unpaired) electrons. The van der Waals surface area contributed by atoms with Crippen LogP contribution in [0.4, 0.5) is 0 Å². The maximum atomic E-state index is 10.8. The molecular weight excluding hydrogens is 348 g/mol. The molecule has 0 saturated heterocycles. The molecule has 5 N–H and O–H groups in total. The average molecular weight is 364 g/mol. The molecule has 2 aromatic carbocycles. The maximum Gasteiger partial charge on any atom is 0.336 e. The second kappa shape index (κ2) is 8.58. The number of aliphatic carboxylic acids is 3. The molecule has 138 valence electrons. The Morgan fingerprint density at radius 2 is 1.27 bits per heavy atom. The lowest BCUT2D eigenvalue weighted by molar-refractivity contribution is -0.170. The van der Waals surface area contributed by atoms with Gasteiger partial charge in [0.05, 0.1) is 18.4 Å². The van der Waals surface area contributed by atoms with E-state index >= 15 is 0 Å². The zero-order valence-corrected chi connectivity index (χ0v) is 13.3. The molecule has 0 spiro atoms. The number of carboxylic acid groups (broad SMARTS) is 4. The number of carbonyl (C=O) groups is 4. The zero-order valence-electron chi connectivity index (χ0n) is 13.3. The first kappa shape index (κ1) is 20.6. The highest BCUT2D eigenvalue weighted by atomic mass is 16.4. The van der Waals surface area contributed by atoms with Gasteiger partial charge in [-0.3, -0.25) is 9.59 Å². The standard InChI is InChI=1S/C11H8O2.C6H8O7/c12-11(13)10-7-3-5-8-4-1-2-6-9(8)10;7-3(8)1-6(13,5(11)12)2-4(9)10/h1-7H,(H,12,13);13H,1-2H2,(H,7,8)(H,9,10)(H,11,12). The molecule has 0 aliphatic heterocycles. The van der Waals surface area contributed by atoms with Crippen molar-refractivity contribution in [2.45, 2.75) is 18.4 Å². The van der Waals surface area contributed by atoms with Gasteiger partial charge in [0.15, 0.2) is 5.60 Å². The molecule has 0 bridgehead atoms. The lowest BCUT2D eigenvalue weighted by Crippen LogP contribution is -2.42. The van der Waals surface area contributed by atoms with Crippen LogP contribution in [0.15, 0.2) is 42.5 Å². The summed E-state index contributed by atoms with van der Waals surface area (Å²) in [5, 5.41) is 44.4. The van der Waals surface area contributed by atoms with Gasteiger partial charge in [0.2, 0.25) is 0 Å². The molecule has 0 heterocycles. The molecule has 0 aromatic heterocycles. The summed E-state index contributed by atoms with van der Waals surface area (Å²) in [6.07, 6.45) is -2.29. The monoisotopic (exact) mass is 364 g/mol. The normalized spacial score (nSPS) is 10.5. The Hall–Kier alpha value is -3.46. The number of aliphatic hydroxyl groups is 1. The number of carboxylic acids is 4. The second-order valence-corrected chi connectivity index (χ2v) is 5.31. The summed E-state index contributed by atoms with van der Waals surface area (Å²) in [6.45, 7) is 0. The minimum Gasteiger partial charge on any atom is -0.481 e. The van der Waals surface area contributed by atoms with Gasteiger partial charge in [-0.05, 0) is 16.8 Å². The van der Waals surface area contributed by atoms with Crippen LogP contribution in [0, 0.1) is 0 Å². The van der Waals surface area contributed by atoms with Gasteiger partial charge in [0.25, 0.3) is 0 Å². The Balaban J connectivity index is 0.000000260. The van der Waals surface area contributed by atoms with Crippen LogP contribution in [-0.2, 0) is 14.4 Å². The van der Waals surface area contributed by atoms with Crippen molar-refractivity contribution in [1.82, 2.24) is 0 Å². The van der Waals surface area contributed by atoms with Crippen LogP contribution in [0.25, 0.3) is 10.8 Å². The highest BCUT2D eigenvalue weighted by Crippen LogP contribution is 2.18. The number of hydrogen-bond donors (Lipinski definition) is 5. The fourth-order valence-electron chi connectivity index (χ4n) is 2.13. The molecule has 9 nitrogen and oxygen atoms in total. The molecule has 0 aliphatic carbocycles. The van der Waals surface area contributed by atoms with Crippen molar-refractivity contribution in [3.05, 3.63) is 48.0 Å². The van der Waals surface area contributed by atoms with Crippen LogP contribution >= 0.6 is 0 Å². The molecule has 0 amide bonds. The summed E-state index contributed by atoms with van der Waals surface area (Å²) < 4.78 is 0. The van der Waals surface area contributed by atoms with E-state index in [0.717, 1.165) is 10.8 Å². The van der Waals surface area contributed by atoms with E-state index in [1.54, 1.807) is 12.1 Å². The Kier molecular flexibility index (Phi) is 6.79. The molecule has 0 fully saturated rings. The van der Waals surface area contributed by atoms with Gasteiger partial charge in [-0.1, -0.05) is 36.4 Å². The van der Waals surface area contributed by atoms with Gasteiger partial charge in [-0.2, -0.15) is 0 Å². The number of aromatic carboxylic acids is 1. The SMILES string of the molecule is O=C(O)CC(O)(CC(=O)O)C(=O)O.O=C(O)c1cccc2ccccc12. The number of benzene rings is 2. The van der Waals surface area contributed by atoms with Crippen molar-refractivity contribution < 1.29 is 44.7 Å². The van der Waals surface area contributed by atoms with Gasteiger partial charge in [0.1, 0.15) is 0 Å². The van der Waals surface area contributed by atoms with Crippen molar-refractivity contribution in [2.75, 3.05) is 0 Å². The van der Waals surface area contributed by atoms with E-state index in [1.165, 1.54) is 0 Å². The molecule has 0 atom stereocenters. The van der Waals surface area contributed by atoms with E-state index in [0.29, 0.717) is 5.56 Å². The van der Waals surface area contributed by atoms with E-state index in [9.17, 15) is 19.2 Å². The van der Waals surface area contributed by atoms with Crippen LogP contribution in [0.5, 0.6) is 0 Å². The topological polar surface area (TPSA) is 169 Å². The molecule has 2 rings (SSSR count). The predicted molar refractivity (Wildman–Crippen MR) is 88.0 cm³/mol. The van der Waals surface area contributed by atoms with E-state index in [-0.39, 0.29) is 0 Å². The largest absolute Gasteiger partial charge is 0.481 e. The van der Waals surface area contributed by atoms with Crippen LogP contribution < -0.4 is 0 Å². The minimum absolute atomic E-state index is 0.359. The first-order valence-corrected chi connectivity index (χ1v) is 7.17. The van der Waals surface area contributed by atoms with Gasteiger partial charge in [0, 0.05) is 0 Å². The average Bonchev–Trinajstić information content (AvgIpc) is 2.53. The Morgan fingerprint density at radius 1 is 0.769 bits per heavy atom. The summed E-state index contributed by atoms with van der Waals surface area (Å²) in [5.74, 6) is -5.90. The summed E-state index contributed by atoms with van der Waals surface area (Å²) >= 11 is 0. The van der Waals surface area contributed by atoms with Crippen LogP contribution in [0.1, 0.15) is 23.2 Å². The fourth-order valence-corrected chi connectivity index (χ4v) is 2.13. The van der Waals surface area contributed by atoms with E-state index in [4.69, 9.17) is 25.5 Å². The molecule has 0 unspecified atom stereocenters. The Labute approximate surface area is 146 Å². The first-order valence-electron chi connectivity index (χ1n) is 7.17. The van der Waals surface area contributed by atoms with E-state index < -0.39 is 42.3 Å². The predicted octanol–water partition coefficient (Wildman–Crippen LogP) is 1.29. The summed E-state index contributed by atoms with van der Waals surface area (Å²) in [7, 11) is 0. The molecular formula is C17H16O9. The summed E-state index contributed by atoms with van der Waals surface area (Å²) in [4.78, 5) is 41.3. The van der Waals surface area contributed by atoms with Gasteiger partial charge in [-0.25, -0.2) is 9.59 Å². The highest BCUT2D eigenvalue weighted by molar-refractivity contribution is 6.03. The molecule has 0 aliphatic rings. The summed E-state index contributed by atoms with van der Waals surface area (Å²) in [5.41, 5.74) is -2.38. The fraction of sp³-hybridized carbons (Fsp3) is 0.176. The Bertz CT molecular complexity index is 820. The lowest BCUT2D eigenvalue weighted by Gasteiger charge is -2.18. The maximum absolute atomic E-state index is 10.8. The lowest BCUT2D eigenvalue weighted by atomic mass is 9.96. The third-order valence-electron chi connectivity index (χ3n) is 3.31. The molecule has 2 aromatic rings. The second-order valence-electron chi connectivity index (χ2n) is 5.31. The van der Waals surface area contributed by atoms with Crippen LogP contribution in [0.2, 0.25) is 0 Å².